The Morgan fingerprint density at radius 2 is 1.85 bits per heavy atom. The molecule has 0 aliphatic rings. The smallest absolute Gasteiger partial charge is 0.145 e. The summed E-state index contributed by atoms with van der Waals surface area (Å²) in [6.45, 7) is 6.29. The van der Waals surface area contributed by atoms with Crippen LogP contribution in [0.1, 0.15) is 36.5 Å². The highest BCUT2D eigenvalue weighted by Crippen LogP contribution is 2.33. The van der Waals surface area contributed by atoms with Crippen LogP contribution in [0.2, 0.25) is 0 Å². The molecule has 2 nitrogen and oxygen atoms in total. The molecule has 0 saturated heterocycles. The molecule has 102 valence electrons. The van der Waals surface area contributed by atoms with Gasteiger partial charge in [0.2, 0.25) is 0 Å². The molecule has 0 saturated carbocycles. The summed E-state index contributed by atoms with van der Waals surface area (Å²) in [5, 5.41) is 9.20. The van der Waals surface area contributed by atoms with E-state index in [9.17, 15) is 5.26 Å². The molecule has 2 aromatic carbocycles. The lowest BCUT2D eigenvalue weighted by molar-refractivity contribution is 0.471. The molecular formula is C17H16BrNO. The minimum atomic E-state index is 0.367. The van der Waals surface area contributed by atoms with Crippen LogP contribution >= 0.6 is 15.9 Å². The number of aryl methyl sites for hydroxylation is 1. The van der Waals surface area contributed by atoms with Crippen molar-refractivity contribution in [2.24, 2.45) is 0 Å². The molecule has 0 aliphatic carbocycles. The fraction of sp³-hybridized carbons (Fsp3) is 0.235. The third-order valence-corrected chi connectivity index (χ3v) is 3.57. The molecule has 0 radical (unpaired) electrons. The van der Waals surface area contributed by atoms with E-state index < -0.39 is 0 Å². The van der Waals surface area contributed by atoms with E-state index in [4.69, 9.17) is 4.74 Å². The molecule has 0 fully saturated rings. The van der Waals surface area contributed by atoms with Gasteiger partial charge in [-0.15, -0.1) is 0 Å². The molecule has 0 atom stereocenters. The largest absolute Gasteiger partial charge is 0.456 e. The van der Waals surface area contributed by atoms with E-state index in [-0.39, 0.29) is 0 Å². The monoisotopic (exact) mass is 329 g/mol. The second-order valence-corrected chi connectivity index (χ2v) is 5.97. The zero-order valence-electron chi connectivity index (χ0n) is 11.8. The molecule has 0 bridgehead atoms. The second-order valence-electron chi connectivity index (χ2n) is 5.05. The van der Waals surface area contributed by atoms with Gasteiger partial charge in [0.25, 0.3) is 0 Å². The fourth-order valence-electron chi connectivity index (χ4n) is 2.00. The van der Waals surface area contributed by atoms with Crippen LogP contribution in [0.25, 0.3) is 0 Å². The lowest BCUT2D eigenvalue weighted by Gasteiger charge is -2.15. The molecule has 0 unspecified atom stereocenters. The summed E-state index contributed by atoms with van der Waals surface area (Å²) in [4.78, 5) is 0. The van der Waals surface area contributed by atoms with E-state index in [2.05, 4.69) is 48.0 Å². The first-order chi connectivity index (χ1) is 9.51. The van der Waals surface area contributed by atoms with Gasteiger partial charge in [0.1, 0.15) is 17.6 Å². The first-order valence-corrected chi connectivity index (χ1v) is 7.28. The number of ether oxygens (including phenoxy) is 1. The summed E-state index contributed by atoms with van der Waals surface area (Å²) in [7, 11) is 0. The Bertz CT molecular complexity index is 671. The number of hydrogen-bond acceptors (Lipinski definition) is 2. The fourth-order valence-corrected chi connectivity index (χ4v) is 2.37. The van der Waals surface area contributed by atoms with Gasteiger partial charge in [-0.25, -0.2) is 0 Å². The highest BCUT2D eigenvalue weighted by molar-refractivity contribution is 9.10. The van der Waals surface area contributed by atoms with Crippen LogP contribution in [0.3, 0.4) is 0 Å². The maximum absolute atomic E-state index is 9.20. The highest BCUT2D eigenvalue weighted by Gasteiger charge is 2.11. The number of nitrogens with zero attached hydrogens (tertiary/aromatic N) is 1. The highest BCUT2D eigenvalue weighted by atomic mass is 79.9. The summed E-state index contributed by atoms with van der Waals surface area (Å²) in [6.07, 6.45) is 0. The topological polar surface area (TPSA) is 33.0 Å². The summed E-state index contributed by atoms with van der Waals surface area (Å²) < 4.78 is 6.86. The minimum Gasteiger partial charge on any atom is -0.456 e. The van der Waals surface area contributed by atoms with Crippen molar-refractivity contribution in [1.82, 2.24) is 0 Å². The van der Waals surface area contributed by atoms with E-state index >= 15 is 0 Å². The lowest BCUT2D eigenvalue weighted by atomic mass is 10.0. The average Bonchev–Trinajstić information content (AvgIpc) is 2.40. The molecule has 0 N–H and O–H groups in total. The SMILES string of the molecule is Cc1ccc(C(C)C)c(Oc2ccc(Br)cc2C#N)c1. The number of nitriles is 1. The van der Waals surface area contributed by atoms with Gasteiger partial charge < -0.3 is 4.74 Å². The van der Waals surface area contributed by atoms with Gasteiger partial charge in [-0.2, -0.15) is 5.26 Å². The van der Waals surface area contributed by atoms with E-state index in [1.807, 2.05) is 25.1 Å². The number of hydrogen-bond donors (Lipinski definition) is 0. The minimum absolute atomic E-state index is 0.367. The van der Waals surface area contributed by atoms with Crippen molar-refractivity contribution in [1.29, 1.82) is 5.26 Å². The summed E-state index contributed by atoms with van der Waals surface area (Å²) in [6, 6.07) is 13.8. The van der Waals surface area contributed by atoms with Gasteiger partial charge in [-0.3, -0.25) is 0 Å². The van der Waals surface area contributed by atoms with E-state index in [0.717, 1.165) is 21.3 Å². The van der Waals surface area contributed by atoms with Crippen LogP contribution in [-0.2, 0) is 0 Å². The van der Waals surface area contributed by atoms with Crippen LogP contribution in [0.5, 0.6) is 11.5 Å². The van der Waals surface area contributed by atoms with Crippen LogP contribution in [0, 0.1) is 18.3 Å². The average molecular weight is 330 g/mol. The Kier molecular flexibility index (Phi) is 4.46. The van der Waals surface area contributed by atoms with Crippen LogP contribution in [0.15, 0.2) is 40.9 Å². The number of rotatable bonds is 3. The third kappa shape index (κ3) is 3.20. The van der Waals surface area contributed by atoms with Gasteiger partial charge >= 0.3 is 0 Å². The standard InChI is InChI=1S/C17H16BrNO/c1-11(2)15-6-4-12(3)8-17(15)20-16-7-5-14(18)9-13(16)10-19/h4-9,11H,1-3H3. The van der Waals surface area contributed by atoms with E-state index in [0.29, 0.717) is 17.2 Å². The quantitative estimate of drug-likeness (QED) is 0.740. The molecule has 2 aromatic rings. The molecule has 0 aliphatic heterocycles. The van der Waals surface area contributed by atoms with E-state index in [1.54, 1.807) is 6.07 Å². The molecule has 0 heterocycles. The maximum Gasteiger partial charge on any atom is 0.145 e. The van der Waals surface area contributed by atoms with Gasteiger partial charge in [0, 0.05) is 4.47 Å². The zero-order valence-corrected chi connectivity index (χ0v) is 13.4. The predicted octanol–water partition coefficient (Wildman–Crippen LogP) is 5.54. The molecule has 0 aromatic heterocycles. The molecule has 0 spiro atoms. The first-order valence-electron chi connectivity index (χ1n) is 6.49. The van der Waals surface area contributed by atoms with Crippen molar-refractivity contribution in [3.8, 4) is 17.6 Å². The molecule has 20 heavy (non-hydrogen) atoms. The van der Waals surface area contributed by atoms with Gasteiger partial charge in [0.15, 0.2) is 0 Å². The predicted molar refractivity (Wildman–Crippen MR) is 84.2 cm³/mol. The van der Waals surface area contributed by atoms with Crippen molar-refractivity contribution >= 4 is 15.9 Å². The second kappa shape index (κ2) is 6.11. The van der Waals surface area contributed by atoms with Gasteiger partial charge in [-0.1, -0.05) is 41.9 Å². The lowest BCUT2D eigenvalue weighted by Crippen LogP contribution is -1.96. The molecule has 2 rings (SSSR count). The Labute approximate surface area is 128 Å². The van der Waals surface area contributed by atoms with Crippen molar-refractivity contribution in [2.45, 2.75) is 26.7 Å². The number of halogens is 1. The normalized spacial score (nSPS) is 10.4. The Morgan fingerprint density at radius 3 is 2.50 bits per heavy atom. The van der Waals surface area contributed by atoms with Gasteiger partial charge in [0.05, 0.1) is 5.56 Å². The van der Waals surface area contributed by atoms with Crippen molar-refractivity contribution in [3.63, 3.8) is 0 Å². The summed E-state index contributed by atoms with van der Waals surface area (Å²) in [5.41, 5.74) is 2.80. The Balaban J connectivity index is 2.45. The van der Waals surface area contributed by atoms with Crippen molar-refractivity contribution < 1.29 is 4.74 Å². The summed E-state index contributed by atoms with van der Waals surface area (Å²) in [5.74, 6) is 1.77. The summed E-state index contributed by atoms with van der Waals surface area (Å²) >= 11 is 3.37. The van der Waals surface area contributed by atoms with Crippen LogP contribution < -0.4 is 4.74 Å². The zero-order chi connectivity index (χ0) is 14.7. The maximum atomic E-state index is 9.20. The van der Waals surface area contributed by atoms with E-state index in [1.165, 1.54) is 0 Å². The molecular weight excluding hydrogens is 314 g/mol. The Morgan fingerprint density at radius 1 is 1.10 bits per heavy atom. The van der Waals surface area contributed by atoms with Crippen LogP contribution in [-0.4, -0.2) is 0 Å². The Hall–Kier alpha value is -1.79. The third-order valence-electron chi connectivity index (χ3n) is 3.07. The first kappa shape index (κ1) is 14.6. The van der Waals surface area contributed by atoms with Crippen molar-refractivity contribution in [3.05, 3.63) is 57.6 Å². The van der Waals surface area contributed by atoms with Crippen molar-refractivity contribution in [2.75, 3.05) is 0 Å². The molecule has 0 amide bonds. The van der Waals surface area contributed by atoms with Crippen LogP contribution in [0.4, 0.5) is 0 Å². The van der Waals surface area contributed by atoms with Gasteiger partial charge in [-0.05, 0) is 48.2 Å². The number of benzene rings is 2. The molecule has 3 heteroatoms.